The summed E-state index contributed by atoms with van der Waals surface area (Å²) in [5.41, 5.74) is 0. The molecular formula is C13H28N2O2. The van der Waals surface area contributed by atoms with Gasteiger partial charge in [0.25, 0.3) is 0 Å². The van der Waals surface area contributed by atoms with E-state index in [1.165, 1.54) is 0 Å². The Bertz CT molecular complexity index is 186. The molecule has 0 rings (SSSR count). The van der Waals surface area contributed by atoms with Crippen LogP contribution in [0.2, 0.25) is 0 Å². The highest BCUT2D eigenvalue weighted by atomic mass is 16.5. The van der Waals surface area contributed by atoms with Gasteiger partial charge in [0.15, 0.2) is 0 Å². The molecule has 102 valence electrons. The third-order valence-corrected chi connectivity index (χ3v) is 2.65. The zero-order valence-corrected chi connectivity index (χ0v) is 11.6. The van der Waals surface area contributed by atoms with Crippen LogP contribution in [-0.2, 0) is 9.53 Å². The molecule has 1 amide bonds. The molecule has 0 aromatic rings. The largest absolute Gasteiger partial charge is 0.381 e. The summed E-state index contributed by atoms with van der Waals surface area (Å²) in [7, 11) is 0. The van der Waals surface area contributed by atoms with E-state index in [9.17, 15) is 4.79 Å². The molecule has 0 aliphatic heterocycles. The first-order valence-corrected chi connectivity index (χ1v) is 6.78. The first kappa shape index (κ1) is 16.4. The Morgan fingerprint density at radius 3 is 2.59 bits per heavy atom. The zero-order valence-electron chi connectivity index (χ0n) is 11.6. The van der Waals surface area contributed by atoms with Crippen LogP contribution in [0.5, 0.6) is 0 Å². The number of rotatable bonds is 11. The molecule has 17 heavy (non-hydrogen) atoms. The lowest BCUT2D eigenvalue weighted by atomic mass is 10.2. The highest BCUT2D eigenvalue weighted by molar-refractivity contribution is 5.77. The molecule has 0 spiro atoms. The number of carbonyl (C=O) groups excluding carboxylic acids is 1. The van der Waals surface area contributed by atoms with E-state index in [4.69, 9.17) is 4.74 Å². The van der Waals surface area contributed by atoms with Gasteiger partial charge < -0.3 is 15.4 Å². The Balaban J connectivity index is 3.22. The maximum atomic E-state index is 11.4. The molecule has 4 nitrogen and oxygen atoms in total. The summed E-state index contributed by atoms with van der Waals surface area (Å²) in [6.07, 6.45) is 4.21. The maximum Gasteiger partial charge on any atom is 0.233 e. The van der Waals surface area contributed by atoms with Crippen molar-refractivity contribution >= 4 is 5.91 Å². The average molecular weight is 244 g/mol. The van der Waals surface area contributed by atoms with Crippen LogP contribution >= 0.6 is 0 Å². The van der Waals surface area contributed by atoms with Crippen molar-refractivity contribution in [3.8, 4) is 0 Å². The van der Waals surface area contributed by atoms with Gasteiger partial charge in [-0.05, 0) is 26.2 Å². The number of hydrogen-bond acceptors (Lipinski definition) is 3. The lowest BCUT2D eigenvalue weighted by Gasteiger charge is -2.11. The first-order chi connectivity index (χ1) is 8.20. The number of carbonyl (C=O) groups is 1. The summed E-state index contributed by atoms with van der Waals surface area (Å²) in [6.45, 7) is 9.00. The molecule has 0 aromatic heterocycles. The molecular weight excluding hydrogens is 216 g/mol. The van der Waals surface area contributed by atoms with E-state index in [1.807, 2.05) is 0 Å². The third kappa shape index (κ3) is 11.6. The Morgan fingerprint density at radius 1 is 1.24 bits per heavy atom. The van der Waals surface area contributed by atoms with Gasteiger partial charge in [-0.25, -0.2) is 0 Å². The molecule has 2 N–H and O–H groups in total. The van der Waals surface area contributed by atoms with E-state index in [0.29, 0.717) is 19.1 Å². The van der Waals surface area contributed by atoms with Crippen LogP contribution in [0.4, 0.5) is 0 Å². The van der Waals surface area contributed by atoms with Crippen molar-refractivity contribution in [3.05, 3.63) is 0 Å². The maximum absolute atomic E-state index is 11.4. The Morgan fingerprint density at radius 2 is 1.94 bits per heavy atom. The van der Waals surface area contributed by atoms with E-state index >= 15 is 0 Å². The van der Waals surface area contributed by atoms with Gasteiger partial charge in [-0.1, -0.05) is 20.3 Å². The van der Waals surface area contributed by atoms with Crippen molar-refractivity contribution in [1.82, 2.24) is 10.6 Å². The molecule has 0 radical (unpaired) electrons. The number of amides is 1. The summed E-state index contributed by atoms with van der Waals surface area (Å²) in [6, 6.07) is 0.401. The lowest BCUT2D eigenvalue weighted by molar-refractivity contribution is -0.120. The number of hydrogen-bond donors (Lipinski definition) is 2. The second-order valence-electron chi connectivity index (χ2n) is 4.36. The summed E-state index contributed by atoms with van der Waals surface area (Å²) in [5.74, 6) is 0.0684. The standard InChI is InChI=1S/C13H28N2O2/c1-4-6-9-17-10-7-8-14-13(16)11-15-12(3)5-2/h12,15H,4-11H2,1-3H3,(H,14,16). The van der Waals surface area contributed by atoms with E-state index < -0.39 is 0 Å². The molecule has 4 heteroatoms. The number of nitrogens with one attached hydrogen (secondary N) is 2. The molecule has 0 fully saturated rings. The fraction of sp³-hybridized carbons (Fsp3) is 0.923. The number of unbranched alkanes of at least 4 members (excludes halogenated alkanes) is 1. The fourth-order valence-corrected chi connectivity index (χ4v) is 1.22. The smallest absolute Gasteiger partial charge is 0.233 e. The van der Waals surface area contributed by atoms with Gasteiger partial charge in [0.2, 0.25) is 5.91 Å². The van der Waals surface area contributed by atoms with Gasteiger partial charge in [0.05, 0.1) is 6.54 Å². The predicted molar refractivity (Wildman–Crippen MR) is 71.1 cm³/mol. The monoisotopic (exact) mass is 244 g/mol. The van der Waals surface area contributed by atoms with E-state index in [2.05, 4.69) is 31.4 Å². The van der Waals surface area contributed by atoms with E-state index in [0.717, 1.165) is 38.9 Å². The van der Waals surface area contributed by atoms with Crippen LogP contribution in [-0.4, -0.2) is 38.3 Å². The van der Waals surface area contributed by atoms with Crippen molar-refractivity contribution in [2.24, 2.45) is 0 Å². The molecule has 0 saturated heterocycles. The predicted octanol–water partition coefficient (Wildman–Crippen LogP) is 1.70. The van der Waals surface area contributed by atoms with Crippen LogP contribution in [0.15, 0.2) is 0 Å². The minimum absolute atomic E-state index is 0.0684. The summed E-state index contributed by atoms with van der Waals surface area (Å²) in [4.78, 5) is 11.4. The second kappa shape index (κ2) is 11.9. The minimum Gasteiger partial charge on any atom is -0.381 e. The Kier molecular flexibility index (Phi) is 11.4. The fourth-order valence-electron chi connectivity index (χ4n) is 1.22. The van der Waals surface area contributed by atoms with E-state index in [-0.39, 0.29) is 5.91 Å². The molecule has 0 bridgehead atoms. The van der Waals surface area contributed by atoms with Crippen molar-refractivity contribution < 1.29 is 9.53 Å². The van der Waals surface area contributed by atoms with Crippen LogP contribution in [0.1, 0.15) is 46.5 Å². The van der Waals surface area contributed by atoms with Crippen LogP contribution in [0.3, 0.4) is 0 Å². The highest BCUT2D eigenvalue weighted by Gasteiger charge is 2.02. The lowest BCUT2D eigenvalue weighted by Crippen LogP contribution is -2.38. The van der Waals surface area contributed by atoms with Crippen molar-refractivity contribution in [1.29, 1.82) is 0 Å². The SMILES string of the molecule is CCCCOCCCNC(=O)CNC(C)CC. The highest BCUT2D eigenvalue weighted by Crippen LogP contribution is 1.89. The molecule has 1 unspecified atom stereocenters. The first-order valence-electron chi connectivity index (χ1n) is 6.78. The van der Waals surface area contributed by atoms with Crippen molar-refractivity contribution in [3.63, 3.8) is 0 Å². The average Bonchev–Trinajstić information content (AvgIpc) is 2.34. The van der Waals surface area contributed by atoms with Crippen molar-refractivity contribution in [2.75, 3.05) is 26.3 Å². The summed E-state index contributed by atoms with van der Waals surface area (Å²) < 4.78 is 5.40. The van der Waals surface area contributed by atoms with Crippen molar-refractivity contribution in [2.45, 2.75) is 52.5 Å². The van der Waals surface area contributed by atoms with Crippen LogP contribution in [0.25, 0.3) is 0 Å². The third-order valence-electron chi connectivity index (χ3n) is 2.65. The molecule has 1 atom stereocenters. The van der Waals surface area contributed by atoms with Gasteiger partial charge >= 0.3 is 0 Å². The summed E-state index contributed by atoms with van der Waals surface area (Å²) in [5, 5.41) is 6.03. The molecule has 0 heterocycles. The molecule has 0 aliphatic rings. The van der Waals surface area contributed by atoms with Gasteiger partial charge in [-0.15, -0.1) is 0 Å². The molecule has 0 saturated carbocycles. The summed E-state index contributed by atoms with van der Waals surface area (Å²) >= 11 is 0. The Hall–Kier alpha value is -0.610. The van der Waals surface area contributed by atoms with Gasteiger partial charge in [-0.3, -0.25) is 4.79 Å². The Labute approximate surface area is 105 Å². The van der Waals surface area contributed by atoms with E-state index in [1.54, 1.807) is 0 Å². The minimum atomic E-state index is 0.0684. The van der Waals surface area contributed by atoms with Gasteiger partial charge in [0.1, 0.15) is 0 Å². The quantitative estimate of drug-likeness (QED) is 0.544. The normalized spacial score (nSPS) is 12.4. The second-order valence-corrected chi connectivity index (χ2v) is 4.36. The molecule has 0 aliphatic carbocycles. The topological polar surface area (TPSA) is 50.4 Å². The molecule has 0 aromatic carbocycles. The van der Waals surface area contributed by atoms with Crippen LogP contribution < -0.4 is 10.6 Å². The zero-order chi connectivity index (χ0) is 12.9. The van der Waals surface area contributed by atoms with Gasteiger partial charge in [-0.2, -0.15) is 0 Å². The van der Waals surface area contributed by atoms with Crippen LogP contribution in [0, 0.1) is 0 Å². The number of ether oxygens (including phenoxy) is 1. The van der Waals surface area contributed by atoms with Gasteiger partial charge in [0, 0.05) is 25.8 Å².